The molecule has 0 aliphatic heterocycles. The van der Waals surface area contributed by atoms with E-state index in [0.717, 1.165) is 6.26 Å². The van der Waals surface area contributed by atoms with Gasteiger partial charge in [-0.15, -0.1) is 0 Å². The van der Waals surface area contributed by atoms with Gasteiger partial charge in [0.25, 0.3) is 10.1 Å². The predicted molar refractivity (Wildman–Crippen MR) is 51.3 cm³/mol. The maximum absolute atomic E-state index is 10.5. The molecule has 0 amide bonds. The molecule has 0 aliphatic rings. The van der Waals surface area contributed by atoms with Gasteiger partial charge in [-0.3, -0.25) is 8.98 Å². The normalized spacial score (nSPS) is 13.6. The molecule has 0 saturated heterocycles. The SMILES string of the molecule is CC(=O)OC(C)CCCOS(C)(=O)=O. The van der Waals surface area contributed by atoms with Gasteiger partial charge >= 0.3 is 5.97 Å². The number of hydrogen-bond acceptors (Lipinski definition) is 5. The summed E-state index contributed by atoms with van der Waals surface area (Å²) in [4.78, 5) is 10.5. The summed E-state index contributed by atoms with van der Waals surface area (Å²) in [5.74, 6) is -0.332. The Kier molecular flexibility index (Phi) is 5.71. The Morgan fingerprint density at radius 2 is 2.00 bits per heavy atom. The van der Waals surface area contributed by atoms with Crippen molar-refractivity contribution in [3.05, 3.63) is 0 Å². The molecule has 0 aromatic heterocycles. The second-order valence-corrected chi connectivity index (χ2v) is 4.73. The molecule has 0 radical (unpaired) electrons. The zero-order chi connectivity index (χ0) is 11.2. The van der Waals surface area contributed by atoms with Gasteiger partial charge < -0.3 is 4.74 Å². The minimum atomic E-state index is -3.35. The van der Waals surface area contributed by atoms with Gasteiger partial charge in [0.05, 0.1) is 19.0 Å². The third kappa shape index (κ3) is 9.47. The molecule has 1 unspecified atom stereocenters. The van der Waals surface area contributed by atoms with Gasteiger partial charge in [0.1, 0.15) is 0 Å². The molecule has 0 N–H and O–H groups in total. The summed E-state index contributed by atoms with van der Waals surface area (Å²) >= 11 is 0. The molecule has 0 fully saturated rings. The number of ether oxygens (including phenoxy) is 1. The van der Waals surface area contributed by atoms with Crippen LogP contribution in [0.1, 0.15) is 26.7 Å². The van der Waals surface area contributed by atoms with E-state index in [0.29, 0.717) is 12.8 Å². The van der Waals surface area contributed by atoms with Crippen molar-refractivity contribution >= 4 is 16.1 Å². The maximum atomic E-state index is 10.5. The monoisotopic (exact) mass is 224 g/mol. The summed E-state index contributed by atoms with van der Waals surface area (Å²) in [6.07, 6.45) is 1.94. The van der Waals surface area contributed by atoms with Crippen LogP contribution in [0.3, 0.4) is 0 Å². The highest BCUT2D eigenvalue weighted by Gasteiger charge is 2.06. The summed E-state index contributed by atoms with van der Waals surface area (Å²) in [6.45, 7) is 3.22. The van der Waals surface area contributed by atoms with Crippen LogP contribution >= 0.6 is 0 Å². The molecule has 0 spiro atoms. The van der Waals surface area contributed by atoms with Crippen LogP contribution in [0, 0.1) is 0 Å². The fourth-order valence-electron chi connectivity index (χ4n) is 0.923. The Hall–Kier alpha value is -0.620. The molecule has 0 saturated carbocycles. The van der Waals surface area contributed by atoms with Crippen LogP contribution < -0.4 is 0 Å². The molecule has 0 heterocycles. The van der Waals surface area contributed by atoms with Crippen LogP contribution in [0.2, 0.25) is 0 Å². The van der Waals surface area contributed by atoms with Crippen molar-refractivity contribution in [1.82, 2.24) is 0 Å². The molecule has 14 heavy (non-hydrogen) atoms. The summed E-state index contributed by atoms with van der Waals surface area (Å²) in [7, 11) is -3.35. The average Bonchev–Trinajstić information content (AvgIpc) is 1.95. The molecule has 0 rings (SSSR count). The summed E-state index contributed by atoms with van der Waals surface area (Å²) < 4.78 is 30.4. The minimum Gasteiger partial charge on any atom is -0.463 e. The summed E-state index contributed by atoms with van der Waals surface area (Å²) in [6, 6.07) is 0. The Morgan fingerprint density at radius 1 is 1.43 bits per heavy atom. The Morgan fingerprint density at radius 3 is 2.43 bits per heavy atom. The van der Waals surface area contributed by atoms with Crippen molar-refractivity contribution in [2.75, 3.05) is 12.9 Å². The largest absolute Gasteiger partial charge is 0.463 e. The van der Waals surface area contributed by atoms with Crippen molar-refractivity contribution in [1.29, 1.82) is 0 Å². The second kappa shape index (κ2) is 5.98. The van der Waals surface area contributed by atoms with Crippen LogP contribution in [0.15, 0.2) is 0 Å². The van der Waals surface area contributed by atoms with Gasteiger partial charge in [-0.1, -0.05) is 0 Å². The Bertz CT molecular complexity index is 269. The highest BCUT2D eigenvalue weighted by molar-refractivity contribution is 7.85. The van der Waals surface area contributed by atoms with Crippen LogP contribution in [-0.2, 0) is 23.8 Å². The van der Waals surface area contributed by atoms with Gasteiger partial charge in [-0.2, -0.15) is 8.42 Å². The highest BCUT2D eigenvalue weighted by atomic mass is 32.2. The van der Waals surface area contributed by atoms with Gasteiger partial charge in [-0.25, -0.2) is 0 Å². The van der Waals surface area contributed by atoms with E-state index in [1.54, 1.807) is 6.92 Å². The van der Waals surface area contributed by atoms with E-state index in [4.69, 9.17) is 4.74 Å². The Labute approximate surface area is 84.5 Å². The molecular weight excluding hydrogens is 208 g/mol. The van der Waals surface area contributed by atoms with Gasteiger partial charge in [0, 0.05) is 6.92 Å². The van der Waals surface area contributed by atoms with Gasteiger partial charge in [0.15, 0.2) is 0 Å². The van der Waals surface area contributed by atoms with E-state index in [9.17, 15) is 13.2 Å². The predicted octanol–water partition coefficient (Wildman–Crippen LogP) is 0.694. The molecule has 1 atom stereocenters. The van der Waals surface area contributed by atoms with Crippen molar-refractivity contribution in [3.63, 3.8) is 0 Å². The van der Waals surface area contributed by atoms with Crippen LogP contribution in [-0.4, -0.2) is 33.4 Å². The molecule has 0 aromatic carbocycles. The average molecular weight is 224 g/mol. The highest BCUT2D eigenvalue weighted by Crippen LogP contribution is 2.02. The van der Waals surface area contributed by atoms with Crippen LogP contribution in [0.5, 0.6) is 0 Å². The first-order valence-corrected chi connectivity index (χ1v) is 6.14. The Balaban J connectivity index is 3.50. The third-order valence-electron chi connectivity index (χ3n) is 1.42. The van der Waals surface area contributed by atoms with Crippen molar-refractivity contribution in [2.45, 2.75) is 32.8 Å². The summed E-state index contributed by atoms with van der Waals surface area (Å²) in [5.41, 5.74) is 0. The lowest BCUT2D eigenvalue weighted by Crippen LogP contribution is -2.13. The molecule has 0 aliphatic carbocycles. The van der Waals surface area contributed by atoms with E-state index in [2.05, 4.69) is 4.18 Å². The van der Waals surface area contributed by atoms with Crippen molar-refractivity contribution in [3.8, 4) is 0 Å². The van der Waals surface area contributed by atoms with Gasteiger partial charge in [-0.05, 0) is 19.8 Å². The summed E-state index contributed by atoms with van der Waals surface area (Å²) in [5, 5.41) is 0. The van der Waals surface area contributed by atoms with Gasteiger partial charge in [0.2, 0.25) is 0 Å². The maximum Gasteiger partial charge on any atom is 0.302 e. The third-order valence-corrected chi connectivity index (χ3v) is 2.01. The first-order chi connectivity index (χ1) is 6.31. The first-order valence-electron chi connectivity index (χ1n) is 4.33. The smallest absolute Gasteiger partial charge is 0.302 e. The second-order valence-electron chi connectivity index (χ2n) is 3.09. The lowest BCUT2D eigenvalue weighted by molar-refractivity contribution is -0.145. The fourth-order valence-corrected chi connectivity index (χ4v) is 1.34. The quantitative estimate of drug-likeness (QED) is 0.377. The molecular formula is C8H16O5S. The van der Waals surface area contributed by atoms with Crippen LogP contribution in [0.25, 0.3) is 0 Å². The lowest BCUT2D eigenvalue weighted by atomic mass is 10.2. The lowest BCUT2D eigenvalue weighted by Gasteiger charge is -2.10. The van der Waals surface area contributed by atoms with E-state index < -0.39 is 10.1 Å². The number of esters is 1. The first kappa shape index (κ1) is 13.4. The minimum absolute atomic E-state index is 0.129. The topological polar surface area (TPSA) is 69.7 Å². The zero-order valence-electron chi connectivity index (χ0n) is 8.65. The van der Waals surface area contributed by atoms with Crippen LogP contribution in [0.4, 0.5) is 0 Å². The number of hydrogen-bond donors (Lipinski definition) is 0. The molecule has 6 heteroatoms. The fraction of sp³-hybridized carbons (Fsp3) is 0.875. The van der Waals surface area contributed by atoms with E-state index in [1.807, 2.05) is 0 Å². The van der Waals surface area contributed by atoms with Crippen molar-refractivity contribution < 1.29 is 22.1 Å². The van der Waals surface area contributed by atoms with E-state index in [1.165, 1.54) is 6.92 Å². The zero-order valence-corrected chi connectivity index (χ0v) is 9.46. The van der Waals surface area contributed by atoms with Crippen molar-refractivity contribution in [2.24, 2.45) is 0 Å². The van der Waals surface area contributed by atoms with E-state index >= 15 is 0 Å². The number of carbonyl (C=O) groups is 1. The molecule has 0 bridgehead atoms. The van der Waals surface area contributed by atoms with E-state index in [-0.39, 0.29) is 18.7 Å². The number of carbonyl (C=O) groups excluding carboxylic acids is 1. The molecule has 84 valence electrons. The standard InChI is InChI=1S/C8H16O5S/c1-7(13-8(2)9)5-4-6-12-14(3,10)11/h7H,4-6H2,1-3H3. The molecule has 0 aromatic rings. The number of rotatable bonds is 6. The molecule has 5 nitrogen and oxygen atoms in total.